The average molecular weight is 398 g/mol. The van der Waals surface area contributed by atoms with Gasteiger partial charge in [-0.05, 0) is 44.2 Å². The van der Waals surface area contributed by atoms with Crippen LogP contribution in [0.25, 0.3) is 0 Å². The first-order valence-electron chi connectivity index (χ1n) is 9.11. The number of carbonyl (C=O) groups is 1. The summed E-state index contributed by atoms with van der Waals surface area (Å²) < 4.78 is 0. The van der Waals surface area contributed by atoms with Crippen molar-refractivity contribution < 1.29 is 9.72 Å². The molecule has 142 valence electrons. The lowest BCUT2D eigenvalue weighted by Crippen LogP contribution is -2.49. The smallest absolute Gasteiger partial charge is 0.270 e. The van der Waals surface area contributed by atoms with E-state index in [1.165, 1.54) is 37.5 Å². The zero-order chi connectivity index (χ0) is 18.5. The standard InChI is InChI=1S/C18H24ClN3O3S/c19-17-6-5-14(22(24)25)11-16(17)18(23)21-9-4-10-26-13-15(21)12-20-7-2-1-3-8-20/h5-6,11,15H,1-4,7-10,12-13H2. The molecule has 0 saturated carbocycles. The van der Waals surface area contributed by atoms with Crippen LogP contribution < -0.4 is 0 Å². The van der Waals surface area contributed by atoms with Crippen LogP contribution in [0.3, 0.4) is 0 Å². The number of non-ortho nitro benzene ring substituents is 1. The molecule has 1 amide bonds. The Balaban J connectivity index is 1.81. The molecular formula is C18H24ClN3O3S. The minimum absolute atomic E-state index is 0.102. The molecule has 1 atom stereocenters. The van der Waals surface area contributed by atoms with E-state index in [2.05, 4.69) is 4.90 Å². The van der Waals surface area contributed by atoms with Crippen molar-refractivity contribution in [3.05, 3.63) is 38.9 Å². The molecule has 2 heterocycles. The quantitative estimate of drug-likeness (QED) is 0.572. The fourth-order valence-corrected chi connectivity index (χ4v) is 4.89. The van der Waals surface area contributed by atoms with E-state index < -0.39 is 4.92 Å². The summed E-state index contributed by atoms with van der Waals surface area (Å²) in [6, 6.07) is 4.20. The van der Waals surface area contributed by atoms with Gasteiger partial charge >= 0.3 is 0 Å². The van der Waals surface area contributed by atoms with E-state index in [-0.39, 0.29) is 28.2 Å². The lowest BCUT2D eigenvalue weighted by Gasteiger charge is -2.36. The lowest BCUT2D eigenvalue weighted by atomic mass is 10.1. The number of nitro benzene ring substituents is 1. The number of amides is 1. The van der Waals surface area contributed by atoms with Crippen molar-refractivity contribution in [2.24, 2.45) is 0 Å². The van der Waals surface area contributed by atoms with E-state index in [0.717, 1.165) is 37.6 Å². The minimum Gasteiger partial charge on any atom is -0.333 e. The SMILES string of the molecule is O=C(c1cc([N+](=O)[O-])ccc1Cl)N1CCCSCC1CN1CCCCC1. The predicted molar refractivity (Wildman–Crippen MR) is 105 cm³/mol. The summed E-state index contributed by atoms with van der Waals surface area (Å²) in [6.45, 7) is 3.70. The Morgan fingerprint density at radius 1 is 1.23 bits per heavy atom. The molecule has 1 aromatic rings. The van der Waals surface area contributed by atoms with Gasteiger partial charge in [-0.1, -0.05) is 18.0 Å². The highest BCUT2D eigenvalue weighted by Gasteiger charge is 2.30. The zero-order valence-electron chi connectivity index (χ0n) is 14.7. The van der Waals surface area contributed by atoms with Gasteiger partial charge in [0.2, 0.25) is 0 Å². The number of hydrogen-bond donors (Lipinski definition) is 0. The number of rotatable bonds is 4. The average Bonchev–Trinajstić information content (AvgIpc) is 2.87. The first-order valence-corrected chi connectivity index (χ1v) is 10.6. The molecule has 0 spiro atoms. The van der Waals surface area contributed by atoms with Gasteiger partial charge in [-0.2, -0.15) is 11.8 Å². The number of thioether (sulfide) groups is 1. The van der Waals surface area contributed by atoms with Crippen molar-refractivity contribution in [1.82, 2.24) is 9.80 Å². The lowest BCUT2D eigenvalue weighted by molar-refractivity contribution is -0.384. The Morgan fingerprint density at radius 3 is 2.73 bits per heavy atom. The van der Waals surface area contributed by atoms with Crippen molar-refractivity contribution in [1.29, 1.82) is 0 Å². The monoisotopic (exact) mass is 397 g/mol. The summed E-state index contributed by atoms with van der Waals surface area (Å²) in [5.41, 5.74) is 0.130. The maximum absolute atomic E-state index is 13.2. The number of likely N-dealkylation sites (tertiary alicyclic amines) is 1. The van der Waals surface area contributed by atoms with Crippen molar-refractivity contribution >= 4 is 35.0 Å². The molecule has 2 saturated heterocycles. The van der Waals surface area contributed by atoms with Crippen LogP contribution in [0.5, 0.6) is 0 Å². The molecule has 2 aliphatic rings. The van der Waals surface area contributed by atoms with Crippen LogP contribution in [-0.4, -0.2) is 64.4 Å². The molecule has 26 heavy (non-hydrogen) atoms. The second-order valence-corrected chi connectivity index (χ2v) is 8.42. The van der Waals surface area contributed by atoms with Crippen LogP contribution in [0.1, 0.15) is 36.0 Å². The Morgan fingerprint density at radius 2 is 2.00 bits per heavy atom. The van der Waals surface area contributed by atoms with Crippen LogP contribution in [-0.2, 0) is 0 Å². The van der Waals surface area contributed by atoms with Gasteiger partial charge in [-0.3, -0.25) is 14.9 Å². The number of piperidine rings is 1. The maximum atomic E-state index is 13.2. The third kappa shape index (κ3) is 4.69. The summed E-state index contributed by atoms with van der Waals surface area (Å²) in [7, 11) is 0. The number of nitro groups is 1. The third-order valence-corrected chi connectivity index (χ3v) is 6.54. The molecule has 1 aromatic carbocycles. The third-order valence-electron chi connectivity index (χ3n) is 5.01. The van der Waals surface area contributed by atoms with Crippen molar-refractivity contribution in [3.8, 4) is 0 Å². The van der Waals surface area contributed by atoms with E-state index in [0.29, 0.717) is 6.54 Å². The molecule has 6 nitrogen and oxygen atoms in total. The van der Waals surface area contributed by atoms with E-state index in [9.17, 15) is 14.9 Å². The van der Waals surface area contributed by atoms with Gasteiger partial charge in [-0.25, -0.2) is 0 Å². The van der Waals surface area contributed by atoms with Gasteiger partial charge in [0.25, 0.3) is 11.6 Å². The molecule has 0 aromatic heterocycles. The minimum atomic E-state index is -0.489. The second kappa shape index (κ2) is 9.06. The van der Waals surface area contributed by atoms with E-state index in [1.54, 1.807) is 0 Å². The largest absolute Gasteiger partial charge is 0.333 e. The summed E-state index contributed by atoms with van der Waals surface area (Å²) in [5.74, 6) is 1.74. The molecule has 0 bridgehead atoms. The first kappa shape index (κ1) is 19.5. The molecule has 2 fully saturated rings. The highest BCUT2D eigenvalue weighted by Crippen LogP contribution is 2.27. The molecule has 3 rings (SSSR count). The molecule has 0 aliphatic carbocycles. The molecule has 1 unspecified atom stereocenters. The van der Waals surface area contributed by atoms with E-state index >= 15 is 0 Å². The molecule has 2 aliphatic heterocycles. The number of halogens is 1. The number of benzene rings is 1. The van der Waals surface area contributed by atoms with Crippen LogP contribution in [0, 0.1) is 10.1 Å². The summed E-state index contributed by atoms with van der Waals surface area (Å²) >= 11 is 8.09. The van der Waals surface area contributed by atoms with Gasteiger partial charge in [0.1, 0.15) is 0 Å². The second-order valence-electron chi connectivity index (χ2n) is 6.86. The van der Waals surface area contributed by atoms with Crippen LogP contribution in [0.2, 0.25) is 5.02 Å². The highest BCUT2D eigenvalue weighted by atomic mass is 35.5. The van der Waals surface area contributed by atoms with Gasteiger partial charge in [-0.15, -0.1) is 0 Å². The fourth-order valence-electron chi connectivity index (χ4n) is 3.63. The van der Waals surface area contributed by atoms with Crippen molar-refractivity contribution in [3.63, 3.8) is 0 Å². The van der Waals surface area contributed by atoms with Crippen molar-refractivity contribution in [2.45, 2.75) is 31.7 Å². The van der Waals surface area contributed by atoms with E-state index in [4.69, 9.17) is 11.6 Å². The summed E-state index contributed by atoms with van der Waals surface area (Å²) in [5, 5.41) is 11.3. The van der Waals surface area contributed by atoms with Gasteiger partial charge in [0.05, 0.1) is 21.6 Å². The molecular weight excluding hydrogens is 374 g/mol. The summed E-state index contributed by atoms with van der Waals surface area (Å²) in [4.78, 5) is 28.1. The van der Waals surface area contributed by atoms with Gasteiger partial charge in [0.15, 0.2) is 0 Å². The van der Waals surface area contributed by atoms with Crippen LogP contribution in [0.15, 0.2) is 18.2 Å². The topological polar surface area (TPSA) is 66.7 Å². The first-order chi connectivity index (χ1) is 12.6. The normalized spacial score (nSPS) is 22.0. The Hall–Kier alpha value is -1.31. The Kier molecular flexibility index (Phi) is 6.78. The predicted octanol–water partition coefficient (Wildman–Crippen LogP) is 3.68. The maximum Gasteiger partial charge on any atom is 0.270 e. The van der Waals surface area contributed by atoms with Crippen LogP contribution in [0.4, 0.5) is 5.69 Å². The molecule has 8 heteroatoms. The van der Waals surface area contributed by atoms with Crippen molar-refractivity contribution in [2.75, 3.05) is 37.7 Å². The molecule has 0 N–H and O–H groups in total. The van der Waals surface area contributed by atoms with Gasteiger partial charge in [0, 0.05) is 31.0 Å². The zero-order valence-corrected chi connectivity index (χ0v) is 16.3. The number of carbonyl (C=O) groups excluding carboxylic acids is 1. The van der Waals surface area contributed by atoms with Crippen LogP contribution >= 0.6 is 23.4 Å². The Labute approximate surface area is 163 Å². The van der Waals surface area contributed by atoms with E-state index in [1.807, 2.05) is 16.7 Å². The summed E-state index contributed by atoms with van der Waals surface area (Å²) in [6.07, 6.45) is 4.64. The number of nitrogens with zero attached hydrogens (tertiary/aromatic N) is 3. The fraction of sp³-hybridized carbons (Fsp3) is 0.611. The number of hydrogen-bond acceptors (Lipinski definition) is 5. The molecule has 0 radical (unpaired) electrons. The highest BCUT2D eigenvalue weighted by molar-refractivity contribution is 7.99. The van der Waals surface area contributed by atoms with Gasteiger partial charge < -0.3 is 9.80 Å². The Bertz CT molecular complexity index is 667.